The maximum atomic E-state index is 6.76. The fourth-order valence-corrected chi connectivity index (χ4v) is 5.99. The second-order valence-corrected chi connectivity index (χ2v) is 12.0. The monoisotopic (exact) mass is 658 g/mol. The summed E-state index contributed by atoms with van der Waals surface area (Å²) in [4.78, 5) is 5.08. The van der Waals surface area contributed by atoms with Crippen molar-refractivity contribution in [2.24, 2.45) is 0 Å². The Morgan fingerprint density at radius 3 is 1.16 bits per heavy atom. The highest BCUT2D eigenvalue weighted by molar-refractivity contribution is 5.93. The van der Waals surface area contributed by atoms with Crippen LogP contribution in [0.2, 0.25) is 0 Å². The van der Waals surface area contributed by atoms with Gasteiger partial charge in [0.05, 0.1) is 11.4 Å². The Bertz CT molecular complexity index is 2250. The lowest BCUT2D eigenvalue weighted by molar-refractivity contribution is 1.30. The molecule has 4 N–H and O–H groups in total. The molecule has 8 aromatic rings. The number of pyridine rings is 1. The predicted octanol–water partition coefficient (Wildman–Crippen LogP) is 12.5. The average molecular weight is 659 g/mol. The molecule has 1 heterocycles. The number of benzene rings is 7. The van der Waals surface area contributed by atoms with Crippen molar-refractivity contribution in [2.45, 2.75) is 0 Å². The lowest BCUT2D eigenvalue weighted by Gasteiger charge is -2.20. The Hall–Kier alpha value is -6.91. The van der Waals surface area contributed by atoms with E-state index in [9.17, 15) is 0 Å². The molecule has 0 saturated carbocycles. The van der Waals surface area contributed by atoms with Crippen LogP contribution in [0.1, 0.15) is 0 Å². The van der Waals surface area contributed by atoms with E-state index in [1.54, 1.807) is 0 Å². The molecule has 4 nitrogen and oxygen atoms in total. The molecule has 0 fully saturated rings. The van der Waals surface area contributed by atoms with Gasteiger partial charge in [0.2, 0.25) is 0 Å². The largest absolute Gasteiger partial charge is 0.397 e. The number of hydrogen-bond donors (Lipinski definition) is 3. The minimum absolute atomic E-state index is 0.603. The Morgan fingerprint density at radius 1 is 0.353 bits per heavy atom. The molecule has 0 radical (unpaired) electrons. The fraction of sp³-hybridized carbons (Fsp3) is 0. The van der Waals surface area contributed by atoms with E-state index in [2.05, 4.69) is 108 Å². The van der Waals surface area contributed by atoms with Gasteiger partial charge in [-0.3, -0.25) is 0 Å². The number of nitrogens with two attached hydrogens (primary N) is 1. The summed E-state index contributed by atoms with van der Waals surface area (Å²) in [6.07, 6.45) is 0. The van der Waals surface area contributed by atoms with Gasteiger partial charge in [-0.2, -0.15) is 0 Å². The molecule has 0 aliphatic carbocycles. The fourth-order valence-electron chi connectivity index (χ4n) is 5.99. The van der Waals surface area contributed by atoms with Crippen LogP contribution >= 0.6 is 0 Å². The highest BCUT2D eigenvalue weighted by atomic mass is 15.1. The van der Waals surface area contributed by atoms with Gasteiger partial charge in [-0.1, -0.05) is 188 Å². The highest BCUT2D eigenvalue weighted by Crippen LogP contribution is 2.40. The van der Waals surface area contributed by atoms with Gasteiger partial charge < -0.3 is 16.4 Å². The lowest BCUT2D eigenvalue weighted by atomic mass is 10.0. The Morgan fingerprint density at radius 2 is 0.706 bits per heavy atom. The number of anilines is 5. The van der Waals surface area contributed by atoms with Crippen molar-refractivity contribution in [2.75, 3.05) is 16.4 Å². The zero-order chi connectivity index (χ0) is 34.7. The zero-order valence-electron chi connectivity index (χ0n) is 28.2. The van der Waals surface area contributed by atoms with Crippen LogP contribution < -0.4 is 16.4 Å². The van der Waals surface area contributed by atoms with Gasteiger partial charge in [-0.25, -0.2) is 4.98 Å². The van der Waals surface area contributed by atoms with Gasteiger partial charge in [-0.05, 0) is 40.5 Å². The number of nitrogens with zero attached hydrogens (tertiary/aromatic N) is 1. The molecule has 0 aliphatic rings. The van der Waals surface area contributed by atoms with Gasteiger partial charge in [0.1, 0.15) is 5.69 Å². The smallest absolute Gasteiger partial charge is 0.157 e. The molecule has 4 heteroatoms. The van der Waals surface area contributed by atoms with Crippen molar-refractivity contribution in [3.63, 3.8) is 0 Å². The molecule has 7 aromatic carbocycles. The van der Waals surface area contributed by atoms with Gasteiger partial charge in [0, 0.05) is 28.1 Å². The molecule has 0 spiro atoms. The van der Waals surface area contributed by atoms with E-state index in [1.165, 1.54) is 11.1 Å². The third-order valence-corrected chi connectivity index (χ3v) is 8.54. The maximum absolute atomic E-state index is 6.76. The Kier molecular flexibility index (Phi) is 10.2. The Labute approximate surface area is 299 Å². The van der Waals surface area contributed by atoms with Crippen molar-refractivity contribution in [3.05, 3.63) is 206 Å². The van der Waals surface area contributed by atoms with Crippen molar-refractivity contribution in [1.29, 1.82) is 0 Å². The average Bonchev–Trinajstić information content (AvgIpc) is 3.21. The van der Waals surface area contributed by atoms with Gasteiger partial charge in [-0.15, -0.1) is 0 Å². The molecule has 0 aliphatic heterocycles. The third-order valence-electron chi connectivity index (χ3n) is 8.54. The number of hydrogen-bond acceptors (Lipinski definition) is 4. The normalized spacial score (nSPS) is 10.4. The molecule has 0 saturated heterocycles. The summed E-state index contributed by atoms with van der Waals surface area (Å²) >= 11 is 0. The Balaban J connectivity index is 0.000000285. The highest BCUT2D eigenvalue weighted by Gasteiger charge is 2.16. The van der Waals surface area contributed by atoms with Crippen LogP contribution in [0.15, 0.2) is 206 Å². The molecular weight excluding hydrogens is 621 g/mol. The summed E-state index contributed by atoms with van der Waals surface area (Å²) in [6, 6.07) is 70.0. The first-order valence-electron chi connectivity index (χ1n) is 17.0. The topological polar surface area (TPSA) is 63.0 Å². The number of para-hydroxylation sites is 2. The summed E-state index contributed by atoms with van der Waals surface area (Å²) < 4.78 is 0. The standard InChI is InChI=1S/C35H28N4.C12H10/c36-30-24-33(27-18-8-3-9-19-27)39-35(38-32-23-13-11-21-29(32)26-16-6-2-7-17-26)34(30)37-31-22-12-10-20-28(31)25-14-4-1-5-15-25;1-3-7-11(8-4-1)12-9-5-2-6-10-12/h1-24,37H,(H3,36,38,39);1-10H. The van der Waals surface area contributed by atoms with E-state index < -0.39 is 0 Å². The molecule has 0 amide bonds. The summed E-state index contributed by atoms with van der Waals surface area (Å²) in [6.45, 7) is 0. The molecule has 246 valence electrons. The summed E-state index contributed by atoms with van der Waals surface area (Å²) in [5.41, 5.74) is 18.7. The first-order chi connectivity index (χ1) is 25.2. The number of rotatable bonds is 8. The van der Waals surface area contributed by atoms with E-state index >= 15 is 0 Å². The zero-order valence-corrected chi connectivity index (χ0v) is 28.2. The molecule has 51 heavy (non-hydrogen) atoms. The molecular formula is C47H38N4. The minimum Gasteiger partial charge on any atom is -0.397 e. The van der Waals surface area contributed by atoms with E-state index in [1.807, 2.05) is 109 Å². The quantitative estimate of drug-likeness (QED) is 0.152. The first-order valence-corrected chi connectivity index (χ1v) is 17.0. The van der Waals surface area contributed by atoms with Crippen LogP contribution in [0.5, 0.6) is 0 Å². The molecule has 0 bridgehead atoms. The van der Waals surface area contributed by atoms with E-state index in [4.69, 9.17) is 10.7 Å². The van der Waals surface area contributed by atoms with E-state index in [0.29, 0.717) is 11.5 Å². The van der Waals surface area contributed by atoms with Crippen LogP contribution in [-0.2, 0) is 0 Å². The second-order valence-electron chi connectivity index (χ2n) is 12.0. The summed E-state index contributed by atoms with van der Waals surface area (Å²) in [7, 11) is 0. The second kappa shape index (κ2) is 16.0. The van der Waals surface area contributed by atoms with E-state index in [0.717, 1.165) is 50.6 Å². The molecule has 8 rings (SSSR count). The summed E-state index contributed by atoms with van der Waals surface area (Å²) in [5.74, 6) is 0.653. The lowest BCUT2D eigenvalue weighted by Crippen LogP contribution is -2.06. The maximum Gasteiger partial charge on any atom is 0.157 e. The number of nitrogen functional groups attached to an aromatic ring is 1. The van der Waals surface area contributed by atoms with Crippen LogP contribution in [-0.4, -0.2) is 4.98 Å². The minimum atomic E-state index is 0.603. The molecule has 1 aromatic heterocycles. The van der Waals surface area contributed by atoms with Crippen LogP contribution in [0, 0.1) is 0 Å². The van der Waals surface area contributed by atoms with Gasteiger partial charge in [0.25, 0.3) is 0 Å². The SMILES string of the molecule is Nc1cc(-c2ccccc2)nc(Nc2ccccc2-c2ccccc2)c1Nc1ccccc1-c1ccccc1.c1ccc(-c2ccccc2)cc1. The van der Waals surface area contributed by atoms with Crippen molar-refractivity contribution >= 4 is 28.6 Å². The predicted molar refractivity (Wildman–Crippen MR) is 216 cm³/mol. The van der Waals surface area contributed by atoms with Crippen molar-refractivity contribution in [1.82, 2.24) is 4.98 Å². The molecule has 0 unspecified atom stereocenters. The van der Waals surface area contributed by atoms with Crippen LogP contribution in [0.4, 0.5) is 28.6 Å². The molecule has 0 atom stereocenters. The third kappa shape index (κ3) is 8.05. The van der Waals surface area contributed by atoms with Gasteiger partial charge in [0.15, 0.2) is 5.82 Å². The van der Waals surface area contributed by atoms with Gasteiger partial charge >= 0.3 is 0 Å². The van der Waals surface area contributed by atoms with Crippen molar-refractivity contribution in [3.8, 4) is 44.6 Å². The number of nitrogens with one attached hydrogen (secondary N) is 2. The van der Waals surface area contributed by atoms with Crippen LogP contribution in [0.25, 0.3) is 44.6 Å². The van der Waals surface area contributed by atoms with Crippen molar-refractivity contribution < 1.29 is 0 Å². The number of aromatic nitrogens is 1. The van der Waals surface area contributed by atoms with Crippen LogP contribution in [0.3, 0.4) is 0 Å². The van der Waals surface area contributed by atoms with E-state index in [-0.39, 0.29) is 0 Å². The summed E-state index contributed by atoms with van der Waals surface area (Å²) in [5, 5.41) is 7.23. The first kappa shape index (κ1) is 32.6.